The summed E-state index contributed by atoms with van der Waals surface area (Å²) in [7, 11) is 0. The van der Waals surface area contributed by atoms with Gasteiger partial charge in [0.05, 0.1) is 23.4 Å². The summed E-state index contributed by atoms with van der Waals surface area (Å²) in [6.45, 7) is 1.95. The highest BCUT2D eigenvalue weighted by Gasteiger charge is 2.05. The first-order valence-corrected chi connectivity index (χ1v) is 5.83. The first kappa shape index (κ1) is 11.4. The predicted molar refractivity (Wildman–Crippen MR) is 73.0 cm³/mol. The molecular formula is C14H12N4O. The molecular weight excluding hydrogens is 240 g/mol. The summed E-state index contributed by atoms with van der Waals surface area (Å²) in [5.41, 5.74) is 8.28. The van der Waals surface area contributed by atoms with Gasteiger partial charge < -0.3 is 10.5 Å². The van der Waals surface area contributed by atoms with E-state index in [1.165, 1.54) is 0 Å². The van der Waals surface area contributed by atoms with E-state index in [9.17, 15) is 0 Å². The van der Waals surface area contributed by atoms with Crippen molar-refractivity contribution < 1.29 is 4.74 Å². The number of hydrogen-bond donors (Lipinski definition) is 1. The van der Waals surface area contributed by atoms with Crippen LogP contribution in [0.1, 0.15) is 5.56 Å². The first-order valence-electron chi connectivity index (χ1n) is 5.83. The van der Waals surface area contributed by atoms with Crippen molar-refractivity contribution in [3.05, 3.63) is 48.4 Å². The van der Waals surface area contributed by atoms with Crippen LogP contribution in [0.15, 0.2) is 42.9 Å². The summed E-state index contributed by atoms with van der Waals surface area (Å²) < 4.78 is 5.66. The third kappa shape index (κ3) is 2.30. The van der Waals surface area contributed by atoms with Crippen molar-refractivity contribution in [1.29, 1.82) is 0 Å². The molecule has 0 amide bonds. The van der Waals surface area contributed by atoms with Crippen LogP contribution in [0.4, 0.5) is 5.82 Å². The molecule has 2 N–H and O–H groups in total. The van der Waals surface area contributed by atoms with Gasteiger partial charge in [0, 0.05) is 12.3 Å². The zero-order chi connectivity index (χ0) is 13.2. The van der Waals surface area contributed by atoms with E-state index in [0.717, 1.165) is 16.6 Å². The Labute approximate surface area is 110 Å². The molecule has 0 atom stereocenters. The van der Waals surface area contributed by atoms with Gasteiger partial charge in [-0.1, -0.05) is 0 Å². The zero-order valence-electron chi connectivity index (χ0n) is 10.4. The van der Waals surface area contributed by atoms with Crippen LogP contribution in [0, 0.1) is 6.92 Å². The third-order valence-electron chi connectivity index (χ3n) is 2.70. The average molecular weight is 252 g/mol. The minimum atomic E-state index is 0.477. The quantitative estimate of drug-likeness (QED) is 0.759. The topological polar surface area (TPSA) is 73.9 Å². The molecule has 19 heavy (non-hydrogen) atoms. The van der Waals surface area contributed by atoms with Crippen LogP contribution < -0.4 is 10.5 Å². The van der Waals surface area contributed by atoms with Crippen molar-refractivity contribution in [1.82, 2.24) is 15.0 Å². The van der Waals surface area contributed by atoms with Crippen LogP contribution in [0.5, 0.6) is 11.5 Å². The maximum Gasteiger partial charge on any atom is 0.147 e. The fraction of sp³-hybridized carbons (Fsp3) is 0.0714. The van der Waals surface area contributed by atoms with Crippen molar-refractivity contribution in [2.75, 3.05) is 5.73 Å². The molecule has 0 aromatic carbocycles. The first-order chi connectivity index (χ1) is 9.22. The van der Waals surface area contributed by atoms with Crippen molar-refractivity contribution >= 4 is 16.9 Å². The molecule has 0 radical (unpaired) electrons. The standard InChI is InChI=1S/C14H12N4O/c1-9-5-13(15)18-12-6-11(8-17-14(9)12)19-10-3-2-4-16-7-10/h2-8H,1H3,(H2,15,18). The number of nitrogens with zero attached hydrogens (tertiary/aromatic N) is 3. The lowest BCUT2D eigenvalue weighted by Crippen LogP contribution is -1.95. The van der Waals surface area contributed by atoms with Crippen LogP contribution in [0.3, 0.4) is 0 Å². The number of aromatic nitrogens is 3. The van der Waals surface area contributed by atoms with Gasteiger partial charge >= 0.3 is 0 Å². The molecule has 0 spiro atoms. The molecule has 5 nitrogen and oxygen atoms in total. The van der Waals surface area contributed by atoms with Crippen molar-refractivity contribution in [2.45, 2.75) is 6.92 Å². The van der Waals surface area contributed by atoms with Crippen LogP contribution >= 0.6 is 0 Å². The highest BCUT2D eigenvalue weighted by Crippen LogP contribution is 2.24. The molecule has 0 saturated heterocycles. The van der Waals surface area contributed by atoms with E-state index in [4.69, 9.17) is 10.5 Å². The highest BCUT2D eigenvalue weighted by atomic mass is 16.5. The second kappa shape index (κ2) is 4.53. The summed E-state index contributed by atoms with van der Waals surface area (Å²) in [5, 5.41) is 0. The molecule has 0 aliphatic rings. The van der Waals surface area contributed by atoms with Crippen molar-refractivity contribution in [3.8, 4) is 11.5 Å². The maximum absolute atomic E-state index is 5.74. The fourth-order valence-corrected chi connectivity index (χ4v) is 1.88. The molecule has 0 saturated carbocycles. The van der Waals surface area contributed by atoms with E-state index in [1.807, 2.05) is 25.1 Å². The smallest absolute Gasteiger partial charge is 0.147 e. The van der Waals surface area contributed by atoms with E-state index in [-0.39, 0.29) is 0 Å². The van der Waals surface area contributed by atoms with Gasteiger partial charge in [0.25, 0.3) is 0 Å². The van der Waals surface area contributed by atoms with E-state index < -0.39 is 0 Å². The molecule has 0 aliphatic carbocycles. The minimum Gasteiger partial charge on any atom is -0.454 e. The molecule has 5 heteroatoms. The van der Waals surface area contributed by atoms with E-state index in [1.54, 1.807) is 24.7 Å². The summed E-state index contributed by atoms with van der Waals surface area (Å²) in [5.74, 6) is 1.74. The van der Waals surface area contributed by atoms with Crippen LogP contribution in [0.25, 0.3) is 11.0 Å². The van der Waals surface area contributed by atoms with Crippen LogP contribution in [-0.2, 0) is 0 Å². The maximum atomic E-state index is 5.74. The van der Waals surface area contributed by atoms with Gasteiger partial charge in [0.1, 0.15) is 17.3 Å². The van der Waals surface area contributed by atoms with Crippen LogP contribution in [0.2, 0.25) is 0 Å². The Hall–Kier alpha value is -2.69. The Morgan fingerprint density at radius 2 is 2.05 bits per heavy atom. The number of fused-ring (bicyclic) bond motifs is 1. The monoisotopic (exact) mass is 252 g/mol. The zero-order valence-corrected chi connectivity index (χ0v) is 10.4. The van der Waals surface area contributed by atoms with Gasteiger partial charge in [-0.25, -0.2) is 4.98 Å². The number of nitrogen functional groups attached to an aromatic ring is 1. The van der Waals surface area contributed by atoms with Gasteiger partial charge in [0.15, 0.2) is 0 Å². The summed E-state index contributed by atoms with van der Waals surface area (Å²) >= 11 is 0. The van der Waals surface area contributed by atoms with Gasteiger partial charge in [-0.05, 0) is 30.7 Å². The number of anilines is 1. The fourth-order valence-electron chi connectivity index (χ4n) is 1.88. The van der Waals surface area contributed by atoms with Gasteiger partial charge in [-0.3, -0.25) is 9.97 Å². The largest absolute Gasteiger partial charge is 0.454 e. The second-order valence-corrected chi connectivity index (χ2v) is 4.19. The lowest BCUT2D eigenvalue weighted by Gasteiger charge is -2.07. The molecule has 3 aromatic rings. The number of nitrogens with two attached hydrogens (primary N) is 1. The molecule has 3 heterocycles. The average Bonchev–Trinajstić information content (AvgIpc) is 2.39. The number of pyridine rings is 3. The van der Waals surface area contributed by atoms with E-state index >= 15 is 0 Å². The molecule has 3 aromatic heterocycles. The highest BCUT2D eigenvalue weighted by molar-refractivity contribution is 5.80. The van der Waals surface area contributed by atoms with Gasteiger partial charge in [-0.15, -0.1) is 0 Å². The normalized spacial score (nSPS) is 10.6. The summed E-state index contributed by atoms with van der Waals surface area (Å²) in [4.78, 5) is 12.6. The van der Waals surface area contributed by atoms with Crippen molar-refractivity contribution in [3.63, 3.8) is 0 Å². The Bertz CT molecular complexity index is 728. The van der Waals surface area contributed by atoms with Crippen molar-refractivity contribution in [2.24, 2.45) is 0 Å². The number of hydrogen-bond acceptors (Lipinski definition) is 5. The second-order valence-electron chi connectivity index (χ2n) is 4.19. The summed E-state index contributed by atoms with van der Waals surface area (Å²) in [6.07, 6.45) is 5.00. The molecule has 0 aliphatic heterocycles. The Balaban J connectivity index is 2.02. The lowest BCUT2D eigenvalue weighted by molar-refractivity contribution is 0.479. The number of aryl methyl sites for hydroxylation is 1. The van der Waals surface area contributed by atoms with Gasteiger partial charge in [0.2, 0.25) is 0 Å². The molecule has 0 unspecified atom stereocenters. The van der Waals surface area contributed by atoms with E-state index in [0.29, 0.717) is 17.3 Å². The molecule has 0 fully saturated rings. The Kier molecular flexibility index (Phi) is 2.72. The SMILES string of the molecule is Cc1cc(N)nc2cc(Oc3cccnc3)cnc12. The summed E-state index contributed by atoms with van der Waals surface area (Å²) in [6, 6.07) is 7.26. The Morgan fingerprint density at radius 3 is 2.84 bits per heavy atom. The molecule has 0 bridgehead atoms. The molecule has 3 rings (SSSR count). The number of rotatable bonds is 2. The van der Waals surface area contributed by atoms with E-state index in [2.05, 4.69) is 15.0 Å². The minimum absolute atomic E-state index is 0.477. The third-order valence-corrected chi connectivity index (χ3v) is 2.70. The predicted octanol–water partition coefficient (Wildman–Crippen LogP) is 2.71. The molecule has 94 valence electrons. The Morgan fingerprint density at radius 1 is 1.16 bits per heavy atom. The van der Waals surface area contributed by atoms with Gasteiger partial charge in [-0.2, -0.15) is 0 Å². The van der Waals surface area contributed by atoms with Crippen LogP contribution in [-0.4, -0.2) is 15.0 Å². The number of ether oxygens (including phenoxy) is 1. The lowest BCUT2D eigenvalue weighted by atomic mass is 10.2.